The van der Waals surface area contributed by atoms with Crippen molar-refractivity contribution in [2.45, 2.75) is 25.7 Å². The molecule has 1 aromatic carbocycles. The predicted octanol–water partition coefficient (Wildman–Crippen LogP) is 2.18. The van der Waals surface area contributed by atoms with Gasteiger partial charge in [-0.15, -0.1) is 0 Å². The van der Waals surface area contributed by atoms with Crippen molar-refractivity contribution >= 4 is 23.0 Å². The number of oxazole rings is 1. The molecule has 2 saturated heterocycles. The van der Waals surface area contributed by atoms with E-state index in [0.29, 0.717) is 19.2 Å². The van der Waals surface area contributed by atoms with E-state index in [-0.39, 0.29) is 17.2 Å². The van der Waals surface area contributed by atoms with Crippen molar-refractivity contribution in [3.05, 3.63) is 24.3 Å². The van der Waals surface area contributed by atoms with Crippen molar-refractivity contribution in [3.63, 3.8) is 0 Å². The molecule has 2 aromatic rings. The van der Waals surface area contributed by atoms with Crippen LogP contribution >= 0.6 is 0 Å². The number of para-hydroxylation sites is 2. The summed E-state index contributed by atoms with van der Waals surface area (Å²) in [5.74, 6) is 0.230. The van der Waals surface area contributed by atoms with Crippen LogP contribution in [-0.4, -0.2) is 57.3 Å². The Bertz CT molecular complexity index is 753. The molecule has 1 amide bonds. The first-order valence-electron chi connectivity index (χ1n) is 10.3. The molecule has 7 heteroatoms. The molecule has 2 N–H and O–H groups in total. The zero-order chi connectivity index (χ0) is 19.4. The second-order valence-electron chi connectivity index (χ2n) is 8.13. The van der Waals surface area contributed by atoms with Crippen LogP contribution in [0.25, 0.3) is 11.1 Å². The molecular weight excluding hydrogens is 356 g/mol. The number of aromatic nitrogens is 1. The van der Waals surface area contributed by atoms with Crippen LogP contribution in [0.5, 0.6) is 0 Å². The number of carbonyl (C=O) groups excluding carboxylic acids is 1. The number of hydrogen-bond acceptors (Lipinski definition) is 6. The highest BCUT2D eigenvalue weighted by atomic mass is 16.5. The van der Waals surface area contributed by atoms with Crippen LogP contribution in [0, 0.1) is 11.3 Å². The van der Waals surface area contributed by atoms with Gasteiger partial charge in [-0.3, -0.25) is 4.79 Å². The number of carbonyl (C=O) groups is 1. The van der Waals surface area contributed by atoms with Gasteiger partial charge in [-0.1, -0.05) is 12.1 Å². The third kappa shape index (κ3) is 4.15. The molecule has 1 aromatic heterocycles. The summed E-state index contributed by atoms with van der Waals surface area (Å²) < 4.78 is 11.3. The van der Waals surface area contributed by atoms with Crippen molar-refractivity contribution in [1.82, 2.24) is 15.6 Å². The number of fused-ring (bicyclic) bond motifs is 1. The van der Waals surface area contributed by atoms with Gasteiger partial charge in [0.1, 0.15) is 5.52 Å². The molecule has 152 valence electrons. The van der Waals surface area contributed by atoms with Crippen LogP contribution in [0.4, 0.5) is 6.01 Å². The highest BCUT2D eigenvalue weighted by Gasteiger charge is 2.34. The van der Waals surface area contributed by atoms with Gasteiger partial charge in [0.2, 0.25) is 5.91 Å². The van der Waals surface area contributed by atoms with E-state index in [1.807, 2.05) is 24.3 Å². The van der Waals surface area contributed by atoms with Gasteiger partial charge in [-0.05, 0) is 50.9 Å². The van der Waals surface area contributed by atoms with Crippen molar-refractivity contribution in [3.8, 4) is 0 Å². The lowest BCUT2D eigenvalue weighted by Gasteiger charge is -2.38. The molecule has 0 saturated carbocycles. The average Bonchev–Trinajstić information content (AvgIpc) is 3.17. The number of piperidine rings is 2. The van der Waals surface area contributed by atoms with E-state index in [1.165, 1.54) is 0 Å². The van der Waals surface area contributed by atoms with Gasteiger partial charge in [-0.2, -0.15) is 4.98 Å². The van der Waals surface area contributed by atoms with Crippen LogP contribution in [0.15, 0.2) is 28.7 Å². The van der Waals surface area contributed by atoms with E-state index in [2.05, 4.69) is 20.5 Å². The molecule has 2 aliphatic rings. The van der Waals surface area contributed by atoms with E-state index in [0.717, 1.165) is 63.0 Å². The van der Waals surface area contributed by atoms with Crippen molar-refractivity contribution in [2.24, 2.45) is 11.3 Å². The van der Waals surface area contributed by atoms with Gasteiger partial charge >= 0.3 is 0 Å². The maximum Gasteiger partial charge on any atom is 0.298 e. The quantitative estimate of drug-likeness (QED) is 0.792. The van der Waals surface area contributed by atoms with E-state index >= 15 is 0 Å². The minimum Gasteiger partial charge on any atom is -0.423 e. The fraction of sp³-hybridized carbons (Fsp3) is 0.619. The molecule has 3 heterocycles. The lowest BCUT2D eigenvalue weighted by molar-refractivity contribution is -0.126. The van der Waals surface area contributed by atoms with E-state index in [9.17, 15) is 4.79 Å². The molecule has 0 unspecified atom stereocenters. The Morgan fingerprint density at radius 1 is 1.32 bits per heavy atom. The number of hydrogen-bond donors (Lipinski definition) is 2. The number of anilines is 1. The first kappa shape index (κ1) is 19.2. The number of methoxy groups -OCH3 is 1. The van der Waals surface area contributed by atoms with Crippen LogP contribution in [0.1, 0.15) is 25.7 Å². The second kappa shape index (κ2) is 8.49. The summed E-state index contributed by atoms with van der Waals surface area (Å²) in [5.41, 5.74) is 1.75. The summed E-state index contributed by atoms with van der Waals surface area (Å²) in [6.07, 6.45) is 3.72. The average molecular weight is 386 g/mol. The Morgan fingerprint density at radius 3 is 2.79 bits per heavy atom. The molecule has 0 bridgehead atoms. The molecule has 0 radical (unpaired) electrons. The molecule has 0 spiro atoms. The minimum atomic E-state index is 0.0574. The van der Waals surface area contributed by atoms with Crippen LogP contribution in [-0.2, 0) is 9.53 Å². The van der Waals surface area contributed by atoms with Gasteiger partial charge in [0, 0.05) is 38.1 Å². The number of nitrogens with zero attached hydrogens (tertiary/aromatic N) is 2. The summed E-state index contributed by atoms with van der Waals surface area (Å²) >= 11 is 0. The minimum absolute atomic E-state index is 0.0574. The first-order valence-corrected chi connectivity index (χ1v) is 10.3. The molecule has 0 atom stereocenters. The van der Waals surface area contributed by atoms with E-state index in [1.54, 1.807) is 7.11 Å². The van der Waals surface area contributed by atoms with Gasteiger partial charge in [-0.25, -0.2) is 0 Å². The summed E-state index contributed by atoms with van der Waals surface area (Å²) in [6, 6.07) is 8.46. The number of amides is 1. The Kier molecular flexibility index (Phi) is 5.82. The Hall–Kier alpha value is -2.12. The Labute approximate surface area is 165 Å². The fourth-order valence-corrected chi connectivity index (χ4v) is 4.38. The van der Waals surface area contributed by atoms with E-state index in [4.69, 9.17) is 9.15 Å². The predicted molar refractivity (Wildman–Crippen MR) is 108 cm³/mol. The molecule has 2 aliphatic heterocycles. The normalized spacial score (nSPS) is 20.4. The number of nitrogens with one attached hydrogen (secondary N) is 2. The Balaban J connectivity index is 1.30. The van der Waals surface area contributed by atoms with Crippen LogP contribution < -0.4 is 15.5 Å². The number of benzene rings is 1. The standard InChI is InChI=1S/C21H30N4O3/c1-27-15-21(8-10-22-11-9-21)14-23-19(26)16-6-12-25(13-7-16)20-24-17-4-2-3-5-18(17)28-20/h2-5,16,22H,6-15H2,1H3,(H,23,26). The maximum atomic E-state index is 12.7. The lowest BCUT2D eigenvalue weighted by Crippen LogP contribution is -2.49. The zero-order valence-corrected chi connectivity index (χ0v) is 16.6. The lowest BCUT2D eigenvalue weighted by atomic mass is 9.79. The highest BCUT2D eigenvalue weighted by molar-refractivity contribution is 5.79. The number of ether oxygens (including phenoxy) is 1. The van der Waals surface area contributed by atoms with Crippen LogP contribution in [0.2, 0.25) is 0 Å². The van der Waals surface area contributed by atoms with Gasteiger partial charge in [0.15, 0.2) is 5.58 Å². The van der Waals surface area contributed by atoms with Crippen molar-refractivity contribution in [1.29, 1.82) is 0 Å². The molecule has 0 aliphatic carbocycles. The molecule has 4 rings (SSSR count). The third-order valence-corrected chi connectivity index (χ3v) is 6.17. The van der Waals surface area contributed by atoms with Crippen molar-refractivity contribution < 1.29 is 13.9 Å². The molecule has 7 nitrogen and oxygen atoms in total. The summed E-state index contributed by atoms with van der Waals surface area (Å²) in [7, 11) is 1.74. The summed E-state index contributed by atoms with van der Waals surface area (Å²) in [4.78, 5) is 19.5. The topological polar surface area (TPSA) is 79.6 Å². The molecule has 2 fully saturated rings. The van der Waals surface area contributed by atoms with Gasteiger partial charge in [0.05, 0.1) is 6.61 Å². The van der Waals surface area contributed by atoms with Crippen molar-refractivity contribution in [2.75, 3.05) is 51.3 Å². The maximum absolute atomic E-state index is 12.7. The number of rotatable bonds is 6. The van der Waals surface area contributed by atoms with Gasteiger partial charge in [0.25, 0.3) is 6.01 Å². The first-order chi connectivity index (χ1) is 13.7. The van der Waals surface area contributed by atoms with Crippen LogP contribution in [0.3, 0.4) is 0 Å². The highest BCUT2D eigenvalue weighted by Crippen LogP contribution is 2.29. The summed E-state index contributed by atoms with van der Waals surface area (Å²) in [5, 5.41) is 6.61. The largest absolute Gasteiger partial charge is 0.423 e. The molecule has 28 heavy (non-hydrogen) atoms. The SMILES string of the molecule is COCC1(CNC(=O)C2CCN(c3nc4ccccc4o3)CC2)CCNCC1. The Morgan fingerprint density at radius 2 is 2.07 bits per heavy atom. The monoisotopic (exact) mass is 386 g/mol. The van der Waals surface area contributed by atoms with E-state index < -0.39 is 0 Å². The third-order valence-electron chi connectivity index (χ3n) is 6.17. The zero-order valence-electron chi connectivity index (χ0n) is 16.6. The second-order valence-corrected chi connectivity index (χ2v) is 8.13. The smallest absolute Gasteiger partial charge is 0.298 e. The fourth-order valence-electron chi connectivity index (χ4n) is 4.38. The molecular formula is C21H30N4O3. The van der Waals surface area contributed by atoms with Gasteiger partial charge < -0.3 is 24.7 Å². The summed E-state index contributed by atoms with van der Waals surface area (Å²) in [6.45, 7) is 4.96.